The minimum atomic E-state index is -0.345. The van der Waals surface area contributed by atoms with Gasteiger partial charge in [-0.1, -0.05) is 12.2 Å². The monoisotopic (exact) mass is 423 g/mol. The lowest BCUT2D eigenvalue weighted by atomic mass is 9.71. The minimum Gasteiger partial charge on any atom is -0.355 e. The summed E-state index contributed by atoms with van der Waals surface area (Å²) in [5.74, 6) is 1.80. The quantitative estimate of drug-likeness (QED) is 0.694. The SMILES string of the molecule is O=C([C@H]1[C@H]2C[C@H](CN(c3ncnc4ccsc34)C2)[C@@H]2CCCC(=O)N21)N1CC=CC1. The first-order chi connectivity index (χ1) is 14.7. The van der Waals surface area contributed by atoms with Crippen molar-refractivity contribution in [2.75, 3.05) is 31.1 Å². The highest BCUT2D eigenvalue weighted by Crippen LogP contribution is 2.44. The molecule has 0 radical (unpaired) electrons. The molecule has 3 fully saturated rings. The van der Waals surface area contributed by atoms with Crippen molar-refractivity contribution in [3.8, 4) is 0 Å². The summed E-state index contributed by atoms with van der Waals surface area (Å²) >= 11 is 1.67. The average molecular weight is 424 g/mol. The molecule has 4 aliphatic rings. The van der Waals surface area contributed by atoms with Crippen molar-refractivity contribution in [3.63, 3.8) is 0 Å². The van der Waals surface area contributed by atoms with Gasteiger partial charge in [-0.2, -0.15) is 0 Å². The number of rotatable bonds is 2. The molecular formula is C22H25N5O2S. The van der Waals surface area contributed by atoms with Crippen LogP contribution in [0.1, 0.15) is 25.7 Å². The summed E-state index contributed by atoms with van der Waals surface area (Å²) in [7, 11) is 0. The van der Waals surface area contributed by atoms with Crippen LogP contribution in [0.25, 0.3) is 10.2 Å². The molecule has 4 atom stereocenters. The number of carbonyl (C=O) groups is 2. The van der Waals surface area contributed by atoms with Gasteiger partial charge in [-0.25, -0.2) is 9.97 Å². The predicted octanol–water partition coefficient (Wildman–Crippen LogP) is 2.30. The normalized spacial score (nSPS) is 30.8. The first-order valence-electron chi connectivity index (χ1n) is 10.9. The van der Waals surface area contributed by atoms with Gasteiger partial charge >= 0.3 is 0 Å². The summed E-state index contributed by atoms with van der Waals surface area (Å²) in [6, 6.07) is 1.85. The molecular weight excluding hydrogens is 398 g/mol. The number of anilines is 1. The Bertz CT molecular complexity index is 1030. The second-order valence-corrected chi connectivity index (χ2v) is 9.83. The highest BCUT2D eigenvalue weighted by Gasteiger charge is 2.53. The van der Waals surface area contributed by atoms with Crippen LogP contribution >= 0.6 is 11.3 Å². The van der Waals surface area contributed by atoms with E-state index in [4.69, 9.17) is 0 Å². The largest absolute Gasteiger partial charge is 0.355 e. The Morgan fingerprint density at radius 1 is 1.13 bits per heavy atom. The Labute approximate surface area is 179 Å². The van der Waals surface area contributed by atoms with Crippen molar-refractivity contribution in [1.29, 1.82) is 0 Å². The molecule has 2 bridgehead atoms. The standard InChI is InChI=1S/C22H25N5O2S/c28-18-5-3-4-17-14-10-15(19(27(17)18)22(29)25-7-1-2-8-25)12-26(11-14)21-20-16(6-9-30-20)23-13-24-21/h1-2,6,9,13-15,17,19H,3-5,7-8,10-12H2/t14-,15+,17+,19-/m1/s1. The fourth-order valence-electron chi connectivity index (χ4n) is 5.99. The zero-order valence-electron chi connectivity index (χ0n) is 16.8. The van der Waals surface area contributed by atoms with Gasteiger partial charge in [-0.05, 0) is 36.6 Å². The molecule has 0 aliphatic carbocycles. The molecule has 7 nitrogen and oxygen atoms in total. The van der Waals surface area contributed by atoms with Gasteiger partial charge in [0.15, 0.2) is 0 Å². The highest BCUT2D eigenvalue weighted by atomic mass is 32.1. The van der Waals surface area contributed by atoms with Crippen LogP contribution in [-0.2, 0) is 9.59 Å². The molecule has 0 spiro atoms. The van der Waals surface area contributed by atoms with Crippen LogP contribution in [-0.4, -0.2) is 69.8 Å². The predicted molar refractivity (Wildman–Crippen MR) is 115 cm³/mol. The lowest BCUT2D eigenvalue weighted by molar-refractivity contribution is -0.160. The smallest absolute Gasteiger partial charge is 0.246 e. The maximum Gasteiger partial charge on any atom is 0.246 e. The van der Waals surface area contributed by atoms with Gasteiger partial charge in [0.25, 0.3) is 0 Å². The first-order valence-corrected chi connectivity index (χ1v) is 11.8. The molecule has 8 heteroatoms. The van der Waals surface area contributed by atoms with Crippen LogP contribution in [0.2, 0.25) is 0 Å². The van der Waals surface area contributed by atoms with Crippen LogP contribution in [0.15, 0.2) is 29.9 Å². The number of fused-ring (bicyclic) bond motifs is 5. The van der Waals surface area contributed by atoms with E-state index in [0.29, 0.717) is 25.4 Å². The van der Waals surface area contributed by atoms with Gasteiger partial charge in [-0.15, -0.1) is 11.3 Å². The van der Waals surface area contributed by atoms with Crippen LogP contribution in [0, 0.1) is 11.8 Å². The van der Waals surface area contributed by atoms with Gasteiger partial charge in [0.1, 0.15) is 18.2 Å². The topological polar surface area (TPSA) is 69.6 Å². The van der Waals surface area contributed by atoms with E-state index in [2.05, 4.69) is 20.2 Å². The van der Waals surface area contributed by atoms with E-state index < -0.39 is 0 Å². The molecule has 2 amide bonds. The second kappa shape index (κ2) is 7.04. The Morgan fingerprint density at radius 2 is 1.97 bits per heavy atom. The molecule has 0 unspecified atom stereocenters. The fraction of sp³-hybridized carbons (Fsp3) is 0.545. The van der Waals surface area contributed by atoms with Gasteiger partial charge in [0.05, 0.1) is 10.2 Å². The van der Waals surface area contributed by atoms with Crippen LogP contribution < -0.4 is 4.90 Å². The highest BCUT2D eigenvalue weighted by molar-refractivity contribution is 7.17. The van der Waals surface area contributed by atoms with Gasteiger partial charge < -0.3 is 14.7 Å². The minimum absolute atomic E-state index is 0.120. The number of thiophene rings is 1. The Hall–Kier alpha value is -2.48. The average Bonchev–Trinajstić information content (AvgIpc) is 3.46. The molecule has 6 rings (SSSR count). The van der Waals surface area contributed by atoms with E-state index in [1.165, 1.54) is 0 Å². The number of hydrogen-bond acceptors (Lipinski definition) is 6. The van der Waals surface area contributed by atoms with Gasteiger partial charge in [0.2, 0.25) is 11.8 Å². The fourth-order valence-corrected chi connectivity index (χ4v) is 6.85. The Morgan fingerprint density at radius 3 is 2.83 bits per heavy atom. The van der Waals surface area contributed by atoms with E-state index in [1.54, 1.807) is 17.7 Å². The summed E-state index contributed by atoms with van der Waals surface area (Å²) in [4.78, 5) is 41.8. The molecule has 156 valence electrons. The molecule has 2 aromatic heterocycles. The summed E-state index contributed by atoms with van der Waals surface area (Å²) in [6.07, 6.45) is 9.24. The van der Waals surface area contributed by atoms with Gasteiger partial charge in [0, 0.05) is 44.6 Å². The van der Waals surface area contributed by atoms with E-state index in [1.807, 2.05) is 28.0 Å². The number of amides is 2. The molecule has 2 aromatic rings. The van der Waals surface area contributed by atoms with E-state index >= 15 is 0 Å². The maximum atomic E-state index is 13.6. The van der Waals surface area contributed by atoms with Crippen LogP contribution in [0.4, 0.5) is 5.82 Å². The molecule has 6 heterocycles. The number of nitrogens with zero attached hydrogens (tertiary/aromatic N) is 5. The molecule has 0 N–H and O–H groups in total. The summed E-state index contributed by atoms with van der Waals surface area (Å²) < 4.78 is 1.11. The Kier molecular flexibility index (Phi) is 4.30. The number of aromatic nitrogens is 2. The summed E-state index contributed by atoms with van der Waals surface area (Å²) in [5, 5.41) is 2.06. The van der Waals surface area contributed by atoms with Crippen molar-refractivity contribution >= 4 is 39.2 Å². The molecule has 30 heavy (non-hydrogen) atoms. The van der Waals surface area contributed by atoms with E-state index in [-0.39, 0.29) is 29.8 Å². The maximum absolute atomic E-state index is 13.6. The van der Waals surface area contributed by atoms with Gasteiger partial charge in [-0.3, -0.25) is 9.59 Å². The van der Waals surface area contributed by atoms with Crippen molar-refractivity contribution in [3.05, 3.63) is 29.9 Å². The lowest BCUT2D eigenvalue weighted by Gasteiger charge is -2.56. The van der Waals surface area contributed by atoms with Crippen LogP contribution in [0.5, 0.6) is 0 Å². The van der Waals surface area contributed by atoms with Crippen molar-refractivity contribution in [1.82, 2.24) is 19.8 Å². The third-order valence-electron chi connectivity index (χ3n) is 7.25. The number of carbonyl (C=O) groups excluding carboxylic acids is 2. The Balaban J connectivity index is 1.37. The lowest BCUT2D eigenvalue weighted by Crippen LogP contribution is -2.68. The third-order valence-corrected chi connectivity index (χ3v) is 8.15. The second-order valence-electron chi connectivity index (χ2n) is 8.91. The first kappa shape index (κ1) is 18.3. The molecule has 0 aromatic carbocycles. The van der Waals surface area contributed by atoms with Crippen LogP contribution in [0.3, 0.4) is 0 Å². The van der Waals surface area contributed by atoms with Crippen molar-refractivity contribution < 1.29 is 9.59 Å². The van der Waals surface area contributed by atoms with Crippen molar-refractivity contribution in [2.24, 2.45) is 11.8 Å². The molecule has 3 saturated heterocycles. The van der Waals surface area contributed by atoms with Crippen molar-refractivity contribution in [2.45, 2.75) is 37.8 Å². The zero-order chi connectivity index (χ0) is 20.2. The zero-order valence-corrected chi connectivity index (χ0v) is 17.6. The summed E-state index contributed by atoms with van der Waals surface area (Å²) in [5.41, 5.74) is 0.978. The number of piperidine rings is 3. The number of hydrogen-bond donors (Lipinski definition) is 0. The van der Waals surface area contributed by atoms with E-state index in [0.717, 1.165) is 48.4 Å². The third kappa shape index (κ3) is 2.76. The molecule has 0 saturated carbocycles. The molecule has 4 aliphatic heterocycles. The summed E-state index contributed by atoms with van der Waals surface area (Å²) in [6.45, 7) is 2.96. The van der Waals surface area contributed by atoms with E-state index in [9.17, 15) is 9.59 Å².